The van der Waals surface area contributed by atoms with Crippen molar-refractivity contribution < 1.29 is 18.0 Å². The molecule has 0 unspecified atom stereocenters. The molecule has 0 radical (unpaired) electrons. The molecule has 1 amide bonds. The average molecular weight is 448 g/mol. The lowest BCUT2D eigenvalue weighted by molar-refractivity contribution is 0.0931. The molecule has 2 N–H and O–H groups in total. The third-order valence-electron chi connectivity index (χ3n) is 5.63. The Kier molecular flexibility index (Phi) is 7.77. The number of nitrogens with one attached hydrogen (secondary N) is 2. The first kappa shape index (κ1) is 23.6. The largest absolute Gasteiger partial charge is 0.345 e. The maximum atomic E-state index is 14.7. The van der Waals surface area contributed by atoms with E-state index in [9.17, 15) is 22.8 Å². The van der Waals surface area contributed by atoms with Gasteiger partial charge < -0.3 is 10.7 Å². The molecule has 0 saturated carbocycles. The van der Waals surface area contributed by atoms with Gasteiger partial charge in [0.2, 0.25) is 0 Å². The van der Waals surface area contributed by atoms with E-state index < -0.39 is 35.8 Å². The molecular weight excluding hydrogens is 419 g/mol. The van der Waals surface area contributed by atoms with Crippen LogP contribution in [0.2, 0.25) is 0 Å². The summed E-state index contributed by atoms with van der Waals surface area (Å²) >= 11 is 0. The Morgan fingerprint density at radius 2 is 2.06 bits per heavy atom. The van der Waals surface area contributed by atoms with E-state index in [-0.39, 0.29) is 34.7 Å². The fourth-order valence-corrected chi connectivity index (χ4v) is 4.06. The lowest BCUT2D eigenvalue weighted by Gasteiger charge is -2.22. The zero-order valence-electron chi connectivity index (χ0n) is 18.3. The monoisotopic (exact) mass is 447 g/mol. The van der Waals surface area contributed by atoms with Crippen molar-refractivity contribution in [2.24, 2.45) is 0 Å². The molecule has 8 heteroatoms. The van der Waals surface area contributed by atoms with Gasteiger partial charge in [0.05, 0.1) is 29.1 Å². The van der Waals surface area contributed by atoms with Crippen LogP contribution in [0.4, 0.5) is 13.2 Å². The van der Waals surface area contributed by atoms with Gasteiger partial charge in [-0.3, -0.25) is 9.59 Å². The second-order valence-corrected chi connectivity index (χ2v) is 7.86. The summed E-state index contributed by atoms with van der Waals surface area (Å²) in [6.45, 7) is 2.69. The van der Waals surface area contributed by atoms with Crippen molar-refractivity contribution in [2.45, 2.75) is 52.0 Å². The first-order valence-electron chi connectivity index (χ1n) is 10.9. The van der Waals surface area contributed by atoms with E-state index in [0.29, 0.717) is 18.4 Å². The van der Waals surface area contributed by atoms with Crippen LogP contribution in [0.25, 0.3) is 11.9 Å². The number of pyridine rings is 1. The summed E-state index contributed by atoms with van der Waals surface area (Å²) in [7, 11) is 0. The van der Waals surface area contributed by atoms with Gasteiger partial charge in [0.1, 0.15) is 18.3 Å². The molecule has 3 rings (SSSR count). The van der Waals surface area contributed by atoms with Crippen molar-refractivity contribution in [1.82, 2.24) is 9.99 Å². The SMILES string of the molecule is CCCC[C@H](NC(=O)c1c(C)n(NCCF)c(=O)c2c1=CCCC=2F)c1cccc(F)c1. The first-order valence-corrected chi connectivity index (χ1v) is 10.9. The predicted octanol–water partition coefficient (Wildman–Crippen LogP) is 3.12. The fraction of sp³-hybridized carbons (Fsp3) is 0.417. The minimum absolute atomic E-state index is 0.0673. The van der Waals surface area contributed by atoms with E-state index in [4.69, 9.17) is 0 Å². The minimum atomic E-state index is -0.735. The van der Waals surface area contributed by atoms with Crippen molar-refractivity contribution in [3.63, 3.8) is 0 Å². The molecule has 0 spiro atoms. The summed E-state index contributed by atoms with van der Waals surface area (Å²) in [5.41, 5.74) is 3.02. The van der Waals surface area contributed by atoms with E-state index in [2.05, 4.69) is 10.7 Å². The Labute approximate surface area is 184 Å². The third kappa shape index (κ3) is 4.89. The molecule has 1 aliphatic rings. The Hall–Kier alpha value is -3.03. The minimum Gasteiger partial charge on any atom is -0.345 e. The number of hydrogen-bond donors (Lipinski definition) is 2. The van der Waals surface area contributed by atoms with Gasteiger partial charge in [-0.25, -0.2) is 17.8 Å². The van der Waals surface area contributed by atoms with Crippen LogP contribution >= 0.6 is 0 Å². The second kappa shape index (κ2) is 10.5. The number of carbonyl (C=O) groups excluding carboxylic acids is 1. The molecule has 2 aromatic rings. The van der Waals surface area contributed by atoms with Gasteiger partial charge in [-0.15, -0.1) is 0 Å². The molecule has 1 aliphatic carbocycles. The van der Waals surface area contributed by atoms with Crippen LogP contribution in [0.1, 0.15) is 66.7 Å². The molecule has 0 saturated heterocycles. The van der Waals surface area contributed by atoms with Crippen molar-refractivity contribution in [3.05, 3.63) is 67.7 Å². The molecule has 1 aromatic carbocycles. The lowest BCUT2D eigenvalue weighted by Crippen LogP contribution is -2.54. The lowest BCUT2D eigenvalue weighted by atomic mass is 9.98. The van der Waals surface area contributed by atoms with Crippen LogP contribution in [0.5, 0.6) is 0 Å². The van der Waals surface area contributed by atoms with Crippen LogP contribution in [0, 0.1) is 12.7 Å². The molecule has 1 aromatic heterocycles. The van der Waals surface area contributed by atoms with E-state index in [0.717, 1.165) is 17.5 Å². The number of benzene rings is 1. The third-order valence-corrected chi connectivity index (χ3v) is 5.63. The fourth-order valence-electron chi connectivity index (χ4n) is 4.06. The highest BCUT2D eigenvalue weighted by Gasteiger charge is 2.24. The van der Waals surface area contributed by atoms with Crippen LogP contribution in [-0.4, -0.2) is 23.8 Å². The molecule has 0 bridgehead atoms. The number of halogens is 3. The van der Waals surface area contributed by atoms with E-state index in [1.807, 2.05) is 6.92 Å². The molecule has 32 heavy (non-hydrogen) atoms. The van der Waals surface area contributed by atoms with E-state index in [1.165, 1.54) is 12.1 Å². The summed E-state index contributed by atoms with van der Waals surface area (Å²) in [4.78, 5) is 26.3. The van der Waals surface area contributed by atoms with Gasteiger partial charge in [0.15, 0.2) is 0 Å². The molecule has 1 atom stereocenters. The second-order valence-electron chi connectivity index (χ2n) is 7.86. The molecule has 0 fully saturated rings. The van der Waals surface area contributed by atoms with Crippen LogP contribution in [-0.2, 0) is 0 Å². The van der Waals surface area contributed by atoms with Gasteiger partial charge in [-0.1, -0.05) is 38.0 Å². The van der Waals surface area contributed by atoms with Gasteiger partial charge >= 0.3 is 0 Å². The number of unbranched alkanes of at least 4 members (excludes halogenated alkanes) is 1. The number of hydrogen-bond acceptors (Lipinski definition) is 3. The average Bonchev–Trinajstić information content (AvgIpc) is 2.76. The number of amides is 1. The van der Waals surface area contributed by atoms with Crippen LogP contribution < -0.4 is 26.7 Å². The summed E-state index contributed by atoms with van der Waals surface area (Å²) in [6.07, 6.45) is 4.41. The van der Waals surface area contributed by atoms with Crippen molar-refractivity contribution in [3.8, 4) is 0 Å². The first-order chi connectivity index (χ1) is 15.4. The summed E-state index contributed by atoms with van der Waals surface area (Å²) in [5.74, 6) is -1.49. The highest BCUT2D eigenvalue weighted by Crippen LogP contribution is 2.21. The van der Waals surface area contributed by atoms with Gasteiger partial charge in [0, 0.05) is 11.6 Å². The molecule has 1 heterocycles. The molecule has 172 valence electrons. The Morgan fingerprint density at radius 1 is 1.28 bits per heavy atom. The van der Waals surface area contributed by atoms with Gasteiger partial charge in [-0.05, 0) is 37.5 Å². The Morgan fingerprint density at radius 3 is 2.75 bits per heavy atom. The van der Waals surface area contributed by atoms with Gasteiger partial charge in [0.25, 0.3) is 11.5 Å². The molecule has 5 nitrogen and oxygen atoms in total. The van der Waals surface area contributed by atoms with Crippen molar-refractivity contribution in [1.29, 1.82) is 0 Å². The summed E-state index contributed by atoms with van der Waals surface area (Å²) < 4.78 is 42.3. The zero-order chi connectivity index (χ0) is 23.3. The van der Waals surface area contributed by atoms with E-state index >= 15 is 0 Å². The number of carbonyl (C=O) groups is 1. The van der Waals surface area contributed by atoms with E-state index in [1.54, 1.807) is 25.1 Å². The number of alkyl halides is 1. The van der Waals surface area contributed by atoms with Crippen molar-refractivity contribution >= 4 is 17.8 Å². The Bertz CT molecular complexity index is 1170. The predicted molar refractivity (Wildman–Crippen MR) is 119 cm³/mol. The quantitative estimate of drug-likeness (QED) is 0.621. The Balaban J connectivity index is 2.11. The maximum Gasteiger partial charge on any atom is 0.279 e. The standard InChI is InChI=1S/C24H28F3N3O2/c1-3-4-11-20(16-7-5-8-17(26)14-16)29-23(31)21-15(2)30(28-13-12-25)24(32)22-18(21)9-6-10-19(22)27/h5,7-9,14,20,28H,3-4,6,10-13H2,1-2H3,(H,29,31)/t20-/m0/s1. The zero-order valence-corrected chi connectivity index (χ0v) is 18.3. The van der Waals surface area contributed by atoms with Crippen LogP contribution in [0.3, 0.4) is 0 Å². The smallest absolute Gasteiger partial charge is 0.279 e. The van der Waals surface area contributed by atoms with Gasteiger partial charge in [-0.2, -0.15) is 0 Å². The number of nitrogens with zero attached hydrogens (tertiary/aromatic N) is 1. The molecule has 0 aliphatic heterocycles. The summed E-state index contributed by atoms with van der Waals surface area (Å²) in [6, 6.07) is 5.59. The van der Waals surface area contributed by atoms with Crippen molar-refractivity contribution in [2.75, 3.05) is 18.6 Å². The number of rotatable bonds is 9. The normalized spacial score (nSPS) is 13.8. The maximum absolute atomic E-state index is 14.7. The number of aromatic nitrogens is 1. The van der Waals surface area contributed by atoms with Crippen LogP contribution in [0.15, 0.2) is 29.1 Å². The topological polar surface area (TPSA) is 63.1 Å². The molecular formula is C24H28F3N3O2. The highest BCUT2D eigenvalue weighted by molar-refractivity contribution is 5.96. The number of fused-ring (bicyclic) bond motifs is 1. The summed E-state index contributed by atoms with van der Waals surface area (Å²) in [5, 5.41) is 3.02. The highest BCUT2D eigenvalue weighted by atomic mass is 19.1.